The average Bonchev–Trinajstić information content (AvgIpc) is 2.46. The first kappa shape index (κ1) is 8.49. The summed E-state index contributed by atoms with van der Waals surface area (Å²) in [6.07, 6.45) is 0. The summed E-state index contributed by atoms with van der Waals surface area (Å²) in [5.74, 6) is -0.178. The summed E-state index contributed by atoms with van der Waals surface area (Å²) in [5.41, 5.74) is 1.32. The van der Waals surface area contributed by atoms with Crippen molar-refractivity contribution in [2.45, 2.75) is 6.92 Å². The van der Waals surface area contributed by atoms with E-state index in [0.29, 0.717) is 21.6 Å². The third-order valence-electron chi connectivity index (χ3n) is 1.71. The summed E-state index contributed by atoms with van der Waals surface area (Å²) in [6, 6.07) is 4.70. The topological polar surface area (TPSA) is 82.1 Å². The van der Waals surface area contributed by atoms with Crippen LogP contribution in [0.5, 0.6) is 0 Å². The minimum atomic E-state index is -0.178. The summed E-state index contributed by atoms with van der Waals surface area (Å²) in [6.45, 7) is 1.40. The molecule has 2 rings (SSSR count). The predicted molar refractivity (Wildman–Crippen MR) is 47.3 cm³/mol. The van der Waals surface area contributed by atoms with E-state index in [2.05, 4.69) is 15.1 Å². The van der Waals surface area contributed by atoms with Crippen LogP contribution < -0.4 is 10.2 Å². The van der Waals surface area contributed by atoms with Gasteiger partial charge in [0.15, 0.2) is 0 Å². The molecule has 6 nitrogen and oxygen atoms in total. The first-order valence-corrected chi connectivity index (χ1v) is 3.94. The number of carbonyl (C=O) groups excluding carboxylic acids is 1. The third kappa shape index (κ3) is 1.37. The van der Waals surface area contributed by atoms with Gasteiger partial charge in [-0.05, 0) is 17.0 Å². The fourth-order valence-corrected chi connectivity index (χ4v) is 1.16. The van der Waals surface area contributed by atoms with E-state index in [-0.39, 0.29) is 5.91 Å². The van der Waals surface area contributed by atoms with Crippen LogP contribution >= 0.6 is 0 Å². The molecule has 1 heterocycles. The number of nitrogens with zero attached hydrogens (tertiary/aromatic N) is 2. The molecule has 1 aromatic carbocycles. The van der Waals surface area contributed by atoms with E-state index >= 15 is 0 Å². The van der Waals surface area contributed by atoms with Gasteiger partial charge in [0.1, 0.15) is 0 Å². The Morgan fingerprint density at radius 1 is 1.64 bits per heavy atom. The normalized spacial score (nSPS) is 10.4. The highest BCUT2D eigenvalue weighted by atomic mass is 16.8. The van der Waals surface area contributed by atoms with Crippen LogP contribution in [0.4, 0.5) is 5.69 Å². The maximum Gasteiger partial charge on any atom is 0.250 e. The monoisotopic (exact) mass is 193 g/mol. The second-order valence-corrected chi connectivity index (χ2v) is 2.81. The lowest BCUT2D eigenvalue weighted by Crippen LogP contribution is -2.22. The van der Waals surface area contributed by atoms with E-state index < -0.39 is 0 Å². The van der Waals surface area contributed by atoms with E-state index in [0.717, 1.165) is 0 Å². The summed E-state index contributed by atoms with van der Waals surface area (Å²) in [5, 5.41) is 17.0. The number of hydrogen-bond donors (Lipinski definition) is 1. The molecule has 0 atom stereocenters. The third-order valence-corrected chi connectivity index (χ3v) is 1.71. The fraction of sp³-hybridized carbons (Fsp3) is 0.125. The van der Waals surface area contributed by atoms with Gasteiger partial charge in [-0.1, -0.05) is 0 Å². The first-order chi connectivity index (χ1) is 6.66. The lowest BCUT2D eigenvalue weighted by atomic mass is 10.3. The van der Waals surface area contributed by atoms with Crippen molar-refractivity contribution in [1.29, 1.82) is 0 Å². The van der Waals surface area contributed by atoms with E-state index in [1.165, 1.54) is 13.0 Å². The molecule has 0 aliphatic heterocycles. The minimum Gasteiger partial charge on any atom is -0.359 e. The number of benzene rings is 1. The van der Waals surface area contributed by atoms with Gasteiger partial charge < -0.3 is 10.5 Å². The van der Waals surface area contributed by atoms with Crippen molar-refractivity contribution in [1.82, 2.24) is 5.16 Å². The number of amides is 1. The Kier molecular flexibility index (Phi) is 1.81. The molecule has 14 heavy (non-hydrogen) atoms. The molecule has 1 amide bonds. The highest BCUT2D eigenvalue weighted by molar-refractivity contribution is 5.90. The minimum absolute atomic E-state index is 0.178. The highest BCUT2D eigenvalue weighted by Crippen LogP contribution is 2.14. The number of rotatable bonds is 1. The number of nitrogens with one attached hydrogen (secondary N) is 1. The molecular weight excluding hydrogens is 186 g/mol. The average molecular weight is 193 g/mol. The van der Waals surface area contributed by atoms with Crippen LogP contribution in [-0.4, -0.2) is 11.1 Å². The van der Waals surface area contributed by atoms with Crippen LogP contribution in [0.3, 0.4) is 0 Å². The maximum absolute atomic E-state index is 10.9. The van der Waals surface area contributed by atoms with E-state index in [4.69, 9.17) is 0 Å². The second kappa shape index (κ2) is 2.99. The zero-order valence-corrected chi connectivity index (χ0v) is 7.35. The molecule has 1 aromatic heterocycles. The number of carbonyl (C=O) groups is 1. The summed E-state index contributed by atoms with van der Waals surface area (Å²) in [7, 11) is 0. The van der Waals surface area contributed by atoms with Crippen molar-refractivity contribution >= 4 is 22.6 Å². The Morgan fingerprint density at radius 2 is 2.43 bits per heavy atom. The Bertz CT molecular complexity index is 492. The lowest BCUT2D eigenvalue weighted by molar-refractivity contribution is -0.782. The smallest absolute Gasteiger partial charge is 0.250 e. The van der Waals surface area contributed by atoms with Gasteiger partial charge in [-0.3, -0.25) is 9.42 Å². The van der Waals surface area contributed by atoms with Crippen LogP contribution in [0.1, 0.15) is 6.92 Å². The van der Waals surface area contributed by atoms with Crippen LogP contribution in [0.25, 0.3) is 11.0 Å². The molecule has 6 heteroatoms. The van der Waals surface area contributed by atoms with E-state index in [1.807, 2.05) is 0 Å². The molecular formula is C8H7N3O3. The van der Waals surface area contributed by atoms with Crippen LogP contribution in [-0.2, 0) is 4.79 Å². The molecule has 0 spiro atoms. The zero-order valence-electron chi connectivity index (χ0n) is 7.35. The predicted octanol–water partition coefficient (Wildman–Crippen LogP) is 0.420. The largest absolute Gasteiger partial charge is 0.359 e. The van der Waals surface area contributed by atoms with Gasteiger partial charge in [-0.25, -0.2) is 0 Å². The van der Waals surface area contributed by atoms with Gasteiger partial charge in [-0.15, -0.1) is 0 Å². The standard InChI is InChI=1S/C8H7N3O3/c1-5(12)9-6-2-3-8-7(4-6)10-14-11(8)13/h2-4H,1H3,(H,9,12). The fourth-order valence-electron chi connectivity index (χ4n) is 1.16. The highest BCUT2D eigenvalue weighted by Gasteiger charge is 2.09. The zero-order chi connectivity index (χ0) is 10.1. The van der Waals surface area contributed by atoms with Crippen LogP contribution in [0, 0.1) is 5.21 Å². The number of hydrogen-bond acceptors (Lipinski definition) is 4. The van der Waals surface area contributed by atoms with Gasteiger partial charge in [0, 0.05) is 23.8 Å². The van der Waals surface area contributed by atoms with Crippen LogP contribution in [0.15, 0.2) is 22.8 Å². The SMILES string of the molecule is CC(=O)Nc1ccc2c(c1)no[n+]2[O-]. The quantitative estimate of drug-likeness (QED) is 0.665. The molecule has 72 valence electrons. The Morgan fingerprint density at radius 3 is 3.14 bits per heavy atom. The number of fused-ring (bicyclic) bond motifs is 1. The van der Waals surface area contributed by atoms with Crippen molar-refractivity contribution in [3.63, 3.8) is 0 Å². The van der Waals surface area contributed by atoms with Crippen molar-refractivity contribution in [3.8, 4) is 0 Å². The molecule has 0 aliphatic carbocycles. The van der Waals surface area contributed by atoms with Gasteiger partial charge in [0.25, 0.3) is 5.52 Å². The first-order valence-electron chi connectivity index (χ1n) is 3.94. The molecule has 0 radical (unpaired) electrons. The van der Waals surface area contributed by atoms with E-state index in [1.54, 1.807) is 12.1 Å². The molecule has 0 bridgehead atoms. The molecule has 2 aromatic rings. The van der Waals surface area contributed by atoms with Crippen molar-refractivity contribution < 1.29 is 14.3 Å². The van der Waals surface area contributed by atoms with Crippen molar-refractivity contribution in [2.75, 3.05) is 5.32 Å². The second-order valence-electron chi connectivity index (χ2n) is 2.81. The van der Waals surface area contributed by atoms with Gasteiger partial charge >= 0.3 is 0 Å². The van der Waals surface area contributed by atoms with Gasteiger partial charge in [0.2, 0.25) is 11.4 Å². The number of aromatic nitrogens is 2. The maximum atomic E-state index is 10.9. The van der Waals surface area contributed by atoms with Crippen molar-refractivity contribution in [2.24, 2.45) is 0 Å². The lowest BCUT2D eigenvalue weighted by Gasteiger charge is -1.98. The van der Waals surface area contributed by atoms with Crippen molar-refractivity contribution in [3.05, 3.63) is 23.4 Å². The van der Waals surface area contributed by atoms with Crippen LogP contribution in [0.2, 0.25) is 0 Å². The molecule has 1 N–H and O–H groups in total. The summed E-state index contributed by atoms with van der Waals surface area (Å²) in [4.78, 5) is 11.0. The molecule has 0 saturated carbocycles. The summed E-state index contributed by atoms with van der Waals surface area (Å²) < 4.78 is 4.37. The molecule has 0 saturated heterocycles. The Hall–Kier alpha value is -2.11. The summed E-state index contributed by atoms with van der Waals surface area (Å²) >= 11 is 0. The van der Waals surface area contributed by atoms with E-state index in [9.17, 15) is 10.0 Å². The molecule has 0 fully saturated rings. The molecule has 0 unspecified atom stereocenters. The Labute approximate surface area is 78.6 Å². The number of anilines is 1. The molecule has 0 aliphatic rings. The van der Waals surface area contributed by atoms with Gasteiger partial charge in [0.05, 0.1) is 0 Å². The van der Waals surface area contributed by atoms with Gasteiger partial charge in [-0.2, -0.15) is 0 Å². The Balaban J connectivity index is 2.46.